The number of H-pyrrole nitrogens is 1. The summed E-state index contributed by atoms with van der Waals surface area (Å²) >= 11 is 0. The number of amides is 9. The molecule has 4 aliphatic heterocycles. The zero-order valence-electron chi connectivity index (χ0n) is 45.1. The molecule has 9 amide bonds. The number of carbonyl (C=O) groups excluding carboxylic acids is 10. The van der Waals surface area contributed by atoms with Crippen LogP contribution in [0.3, 0.4) is 0 Å². The number of fused-ring (bicyclic) bond motifs is 3. The molecule has 0 spiro atoms. The average Bonchev–Trinajstić information content (AvgIpc) is 4.30. The van der Waals surface area contributed by atoms with Crippen molar-refractivity contribution in [2.24, 2.45) is 5.73 Å². The average molecular weight is 1140 g/mol. The van der Waals surface area contributed by atoms with Gasteiger partial charge in [-0.3, -0.25) is 57.8 Å². The number of hydrogen-bond acceptors (Lipinski definition) is 11. The number of primary amides is 1. The Morgan fingerprint density at radius 2 is 1.41 bits per heavy atom. The molecule has 1 aromatic heterocycles. The number of hydrogen-bond donors (Lipinski definition) is 8. The monoisotopic (exact) mass is 1140 g/mol. The molecule has 5 atom stereocenters. The van der Waals surface area contributed by atoms with Crippen molar-refractivity contribution in [1.29, 1.82) is 0 Å². The lowest BCUT2D eigenvalue weighted by molar-refractivity contribution is -0.145. The van der Waals surface area contributed by atoms with Crippen molar-refractivity contribution in [2.75, 3.05) is 19.6 Å². The molecule has 0 aliphatic carbocycles. The predicted octanol–water partition coefficient (Wildman–Crippen LogP) is 3.89. The van der Waals surface area contributed by atoms with E-state index in [1.54, 1.807) is 4.90 Å². The van der Waals surface area contributed by atoms with Gasteiger partial charge in [0, 0.05) is 74.4 Å². The van der Waals surface area contributed by atoms with Gasteiger partial charge in [-0.2, -0.15) is 0 Å². The van der Waals surface area contributed by atoms with Crippen LogP contribution in [0.1, 0.15) is 138 Å². The van der Waals surface area contributed by atoms with Gasteiger partial charge >= 0.3 is 7.60 Å². The summed E-state index contributed by atoms with van der Waals surface area (Å²) in [7, 11) is -5.13. The van der Waals surface area contributed by atoms with Gasteiger partial charge in [-0.25, -0.2) is 0 Å². The van der Waals surface area contributed by atoms with E-state index in [9.17, 15) is 57.5 Å². The minimum atomic E-state index is -5.13. The molecule has 430 valence electrons. The second kappa shape index (κ2) is 25.6. The van der Waals surface area contributed by atoms with E-state index in [4.69, 9.17) is 5.73 Å². The number of aromatic nitrogens is 1. The molecule has 9 N–H and O–H groups in total. The van der Waals surface area contributed by atoms with E-state index in [2.05, 4.69) is 26.3 Å². The lowest BCUT2D eigenvalue weighted by Gasteiger charge is -2.39. The number of unbranched alkanes of at least 4 members (excludes halogenated alkanes) is 2. The normalized spacial score (nSPS) is 19.5. The highest BCUT2D eigenvalue weighted by Crippen LogP contribution is 2.40. The number of carbonyl (C=O) groups is 10. The summed E-state index contributed by atoms with van der Waals surface area (Å²) in [4.78, 5) is 161. The zero-order chi connectivity index (χ0) is 58.2. The summed E-state index contributed by atoms with van der Waals surface area (Å²) in [6.45, 7) is 0.801. The van der Waals surface area contributed by atoms with Gasteiger partial charge in [0.05, 0.1) is 12.0 Å². The van der Waals surface area contributed by atoms with Crippen molar-refractivity contribution >= 4 is 77.2 Å². The summed E-state index contributed by atoms with van der Waals surface area (Å²) in [6, 6.07) is 24.4. The van der Waals surface area contributed by atoms with E-state index < -0.39 is 78.8 Å². The van der Waals surface area contributed by atoms with Gasteiger partial charge in [-0.15, -0.1) is 0 Å². The maximum absolute atomic E-state index is 15.1. The number of aromatic amines is 1. The number of nitrogens with two attached hydrogens (primary N) is 1. The number of nitrogens with one attached hydrogen (secondary N) is 5. The number of benzene rings is 4. The van der Waals surface area contributed by atoms with Gasteiger partial charge in [0.25, 0.3) is 11.4 Å². The van der Waals surface area contributed by atoms with Crippen LogP contribution in [0.5, 0.6) is 0 Å². The van der Waals surface area contributed by atoms with E-state index in [1.807, 2.05) is 78.9 Å². The minimum Gasteiger partial charge on any atom is -0.370 e. The molecule has 22 nitrogen and oxygen atoms in total. The van der Waals surface area contributed by atoms with E-state index in [0.717, 1.165) is 27.8 Å². The van der Waals surface area contributed by atoms with E-state index in [0.29, 0.717) is 57.1 Å². The first-order valence-corrected chi connectivity index (χ1v) is 29.3. The lowest BCUT2D eigenvalue weighted by atomic mass is 9.87. The summed E-state index contributed by atoms with van der Waals surface area (Å²) in [5.41, 5.74) is 8.50. The SMILES string of the molecule is NC(=O)CC[C@H](NC(=O)[C@@H]1CC[C@@H]2CCN(C(=O)CCCCCC(=O)N3CCc4ccc(C5CCC(=O)NC5=O)cc4C3)C[C@H](NC(=O)c3cc4cc(C(=O)P(=O)(O)O)ccc4[nH]3)C(=O)N21)C(=O)NC(c1ccccc1)c1ccccc1. The van der Waals surface area contributed by atoms with Crippen molar-refractivity contribution in [2.45, 2.75) is 126 Å². The van der Waals surface area contributed by atoms with Crippen LogP contribution < -0.4 is 27.0 Å². The molecule has 4 aromatic carbocycles. The van der Waals surface area contributed by atoms with Crippen LogP contribution in [0, 0.1) is 0 Å². The van der Waals surface area contributed by atoms with Crippen molar-refractivity contribution < 1.29 is 62.3 Å². The first kappa shape index (κ1) is 58.3. The third kappa shape index (κ3) is 13.9. The quantitative estimate of drug-likeness (QED) is 0.0312. The number of piperidine rings is 1. The Hall–Kier alpha value is -8.33. The standard InChI is InChI=1S/C59H66N9O13P/c60-49(69)24-22-45(55(74)65-53(36-10-4-1-5-11-36)37-12-6-2-7-13-37)62-57(76)48-23-19-42-27-29-67(34-47(58(77)68(42)48)63-56(75)46-32-40-31-39(18-21-44(40)61-46)59(78)82(79,80)81)52(72)15-9-3-8-14-51(71)66-28-26-35-16-17-38(30-41(35)33-66)43-20-25-50(70)64-54(43)73/h1-2,4-7,10-13,16-18,21,30-32,42-43,45,47-48,53,61H,3,8-9,14-15,19-20,22-29,33-34H2,(H2,60,69)(H,62,76)(H,63,75)(H,65,74)(H,64,70,73)(H2,79,80,81)/t42-,43?,45+,47+,48+/m1/s1. The van der Waals surface area contributed by atoms with Crippen molar-refractivity contribution in [1.82, 2.24) is 41.0 Å². The highest BCUT2D eigenvalue weighted by Gasteiger charge is 2.46. The molecule has 9 rings (SSSR count). The number of imide groups is 1. The Balaban J connectivity index is 0.874. The molecule has 3 fully saturated rings. The van der Waals surface area contributed by atoms with Crippen LogP contribution in [0.25, 0.3) is 10.9 Å². The Morgan fingerprint density at radius 3 is 2.09 bits per heavy atom. The Morgan fingerprint density at radius 1 is 0.720 bits per heavy atom. The molecule has 82 heavy (non-hydrogen) atoms. The largest absolute Gasteiger partial charge is 0.396 e. The van der Waals surface area contributed by atoms with Crippen molar-refractivity contribution in [3.05, 3.63) is 142 Å². The molecule has 1 unspecified atom stereocenters. The minimum absolute atomic E-state index is 0.0356. The summed E-state index contributed by atoms with van der Waals surface area (Å²) in [5, 5.41) is 11.3. The Kier molecular flexibility index (Phi) is 18.2. The Bertz CT molecular complexity index is 3310. The Labute approximate surface area is 472 Å². The number of nitrogens with zero attached hydrogens (tertiary/aromatic N) is 3. The van der Waals surface area contributed by atoms with Gasteiger partial charge in [0.15, 0.2) is 0 Å². The van der Waals surface area contributed by atoms with Gasteiger partial charge in [-0.1, -0.05) is 85.3 Å². The van der Waals surface area contributed by atoms with E-state index in [1.165, 1.54) is 34.1 Å². The first-order chi connectivity index (χ1) is 39.3. The molecular formula is C59H66N9O13P. The van der Waals surface area contributed by atoms with Crippen molar-refractivity contribution in [3.63, 3.8) is 0 Å². The first-order valence-electron chi connectivity index (χ1n) is 27.7. The van der Waals surface area contributed by atoms with Gasteiger partial charge < -0.3 is 51.2 Å². The molecule has 5 aromatic rings. The zero-order valence-corrected chi connectivity index (χ0v) is 45.9. The highest BCUT2D eigenvalue weighted by atomic mass is 31.2. The third-order valence-corrected chi connectivity index (χ3v) is 16.7. The van der Waals surface area contributed by atoms with E-state index >= 15 is 4.79 Å². The van der Waals surface area contributed by atoms with Gasteiger partial charge in [0.2, 0.25) is 47.3 Å². The van der Waals surface area contributed by atoms with Crippen LogP contribution in [0.15, 0.2) is 103 Å². The fourth-order valence-corrected chi connectivity index (χ4v) is 12.0. The predicted molar refractivity (Wildman–Crippen MR) is 298 cm³/mol. The molecule has 3 saturated heterocycles. The molecule has 5 heterocycles. The highest BCUT2D eigenvalue weighted by molar-refractivity contribution is 7.70. The molecular weight excluding hydrogens is 1070 g/mol. The fourth-order valence-electron chi connectivity index (χ4n) is 11.5. The molecule has 0 saturated carbocycles. The van der Waals surface area contributed by atoms with Crippen molar-refractivity contribution in [3.8, 4) is 0 Å². The van der Waals surface area contributed by atoms with Crippen LogP contribution in [0.4, 0.5) is 0 Å². The molecule has 0 radical (unpaired) electrons. The summed E-state index contributed by atoms with van der Waals surface area (Å²) in [6.07, 6.45) is 3.54. The van der Waals surface area contributed by atoms with Crippen LogP contribution in [-0.2, 0) is 55.9 Å². The van der Waals surface area contributed by atoms with Gasteiger partial charge in [-0.05, 0) is 103 Å². The van der Waals surface area contributed by atoms with Gasteiger partial charge in [0.1, 0.15) is 23.8 Å². The second-order valence-corrected chi connectivity index (χ2v) is 23.0. The second-order valence-electron chi connectivity index (χ2n) is 21.5. The smallest absolute Gasteiger partial charge is 0.370 e. The fraction of sp³-hybridized carbons (Fsp3) is 0.390. The molecule has 0 bridgehead atoms. The molecule has 4 aliphatic rings. The maximum atomic E-state index is 15.1. The van der Waals surface area contributed by atoms with Crippen LogP contribution in [-0.4, -0.2) is 132 Å². The van der Waals surface area contributed by atoms with Crippen LogP contribution >= 0.6 is 7.60 Å². The third-order valence-electron chi connectivity index (χ3n) is 15.9. The lowest BCUT2D eigenvalue weighted by Crippen LogP contribution is -2.62. The van der Waals surface area contributed by atoms with Crippen LogP contribution in [0.2, 0.25) is 0 Å². The maximum Gasteiger partial charge on any atom is 0.396 e. The summed E-state index contributed by atoms with van der Waals surface area (Å²) in [5.74, 6) is -4.81. The number of rotatable bonds is 20. The topological polar surface area (TPSA) is 328 Å². The molecule has 23 heteroatoms. The van der Waals surface area contributed by atoms with E-state index in [-0.39, 0.29) is 98.3 Å². The summed E-state index contributed by atoms with van der Waals surface area (Å²) < 4.78 is 11.8.